The van der Waals surface area contributed by atoms with E-state index < -0.39 is 40.5 Å². The van der Waals surface area contributed by atoms with E-state index in [2.05, 4.69) is 0 Å². The molecule has 8 nitrogen and oxygen atoms in total. The fraction of sp³-hybridized carbons (Fsp3) is 0.606. The molecule has 0 aromatic heterocycles. The number of alkyl halides is 1. The van der Waals surface area contributed by atoms with Crippen LogP contribution in [0, 0.1) is 28.1 Å². The first-order chi connectivity index (χ1) is 20.0. The Bertz CT molecular complexity index is 1350. The average Bonchev–Trinajstić information content (AvgIpc) is 3.59. The van der Waals surface area contributed by atoms with Crippen molar-refractivity contribution in [2.45, 2.75) is 83.6 Å². The van der Waals surface area contributed by atoms with Crippen LogP contribution in [0.15, 0.2) is 53.5 Å². The van der Waals surface area contributed by atoms with Gasteiger partial charge in [0.1, 0.15) is 13.2 Å². The summed E-state index contributed by atoms with van der Waals surface area (Å²) < 4.78 is 34.5. The molecule has 0 saturated heterocycles. The monoisotopic (exact) mass is 582 g/mol. The van der Waals surface area contributed by atoms with Crippen LogP contribution in [0.2, 0.25) is 0 Å². The van der Waals surface area contributed by atoms with E-state index in [1.807, 2.05) is 37.3 Å². The zero-order valence-corrected chi connectivity index (χ0v) is 24.2. The van der Waals surface area contributed by atoms with Crippen molar-refractivity contribution in [1.82, 2.24) is 0 Å². The normalized spacial score (nSPS) is 38.4. The zero-order valence-electron chi connectivity index (χ0n) is 24.2. The van der Waals surface area contributed by atoms with Crippen LogP contribution in [0.25, 0.3) is 0 Å². The molecular weight excluding hydrogens is 543 g/mol. The number of carbonyl (C=O) groups is 3. The summed E-state index contributed by atoms with van der Waals surface area (Å²) in [5.74, 6) is -1.74. The number of fused-ring (bicyclic) bond motifs is 6. The lowest BCUT2D eigenvalue weighted by Crippen LogP contribution is -2.69. The lowest BCUT2D eigenvalue weighted by molar-refractivity contribution is -0.215. The first kappa shape index (κ1) is 29.1. The second-order valence-corrected chi connectivity index (χ2v) is 13.1. The highest BCUT2D eigenvalue weighted by Gasteiger charge is 2.76. The van der Waals surface area contributed by atoms with E-state index in [0.29, 0.717) is 44.1 Å². The van der Waals surface area contributed by atoms with Gasteiger partial charge in [0, 0.05) is 17.8 Å². The van der Waals surface area contributed by atoms with Gasteiger partial charge in [-0.3, -0.25) is 14.4 Å². The van der Waals surface area contributed by atoms with Crippen LogP contribution in [0.4, 0.5) is 4.39 Å². The van der Waals surface area contributed by atoms with E-state index in [-0.39, 0.29) is 61.2 Å². The summed E-state index contributed by atoms with van der Waals surface area (Å²) in [4.78, 5) is 38.8. The predicted octanol–water partition coefficient (Wildman–Crippen LogP) is 4.48. The van der Waals surface area contributed by atoms with E-state index in [1.54, 1.807) is 6.92 Å². The summed E-state index contributed by atoms with van der Waals surface area (Å²) in [6, 6.07) is 9.38. The molecule has 0 radical (unpaired) electrons. The molecule has 4 aliphatic carbocycles. The highest BCUT2D eigenvalue weighted by molar-refractivity contribution is 6.05. The van der Waals surface area contributed by atoms with Crippen LogP contribution < -0.4 is 0 Å². The van der Waals surface area contributed by atoms with E-state index in [4.69, 9.17) is 14.2 Å². The van der Waals surface area contributed by atoms with Gasteiger partial charge in [-0.05, 0) is 80.4 Å². The maximum atomic E-state index is 17.9. The summed E-state index contributed by atoms with van der Waals surface area (Å²) >= 11 is 0. The quantitative estimate of drug-likeness (QED) is 0.431. The Morgan fingerprint density at radius 1 is 1.12 bits per heavy atom. The number of Topliss-reactive ketones (excluding diaryl/α,β-unsaturated/α-hetero) is 1. The lowest BCUT2D eigenvalue weighted by Gasteiger charge is -2.63. The number of aliphatic hydroxyl groups is 2. The Morgan fingerprint density at radius 2 is 1.88 bits per heavy atom. The molecule has 226 valence electrons. The van der Waals surface area contributed by atoms with Gasteiger partial charge in [-0.25, -0.2) is 4.39 Å². The summed E-state index contributed by atoms with van der Waals surface area (Å²) in [7, 11) is 0. The van der Waals surface area contributed by atoms with Crippen LogP contribution >= 0.6 is 0 Å². The molecule has 0 bridgehead atoms. The smallest absolute Gasteiger partial charge is 0.306 e. The Kier molecular flexibility index (Phi) is 7.12. The van der Waals surface area contributed by atoms with E-state index >= 15 is 4.39 Å². The Balaban J connectivity index is 1.26. The van der Waals surface area contributed by atoms with Crippen molar-refractivity contribution in [3.05, 3.63) is 59.1 Å². The molecule has 2 N–H and O–H groups in total. The molecule has 7 atom stereocenters. The van der Waals surface area contributed by atoms with Gasteiger partial charge in [0.25, 0.3) is 0 Å². The summed E-state index contributed by atoms with van der Waals surface area (Å²) in [6.07, 6.45) is 2.70. The Hall–Kier alpha value is -3.04. The highest BCUT2D eigenvalue weighted by atomic mass is 19.1. The Labute approximate surface area is 244 Å². The van der Waals surface area contributed by atoms with Gasteiger partial charge in [0.05, 0.1) is 11.5 Å². The van der Waals surface area contributed by atoms with Crippen molar-refractivity contribution >= 4 is 17.5 Å². The van der Waals surface area contributed by atoms with Gasteiger partial charge in [0.15, 0.2) is 17.2 Å². The van der Waals surface area contributed by atoms with Crippen LogP contribution in [0.1, 0.15) is 70.8 Å². The maximum absolute atomic E-state index is 17.9. The van der Waals surface area contributed by atoms with Crippen molar-refractivity contribution in [1.29, 1.82) is 0 Å². The molecule has 0 amide bonds. The first-order valence-electron chi connectivity index (χ1n) is 15.0. The molecule has 42 heavy (non-hydrogen) atoms. The molecule has 0 unspecified atom stereocenters. The molecule has 1 aromatic rings. The van der Waals surface area contributed by atoms with Crippen molar-refractivity contribution in [2.24, 2.45) is 28.1 Å². The number of halogens is 1. The number of aliphatic hydroxyl groups excluding tert-OH is 2. The van der Waals surface area contributed by atoms with Crippen molar-refractivity contribution in [3.63, 3.8) is 0 Å². The molecule has 3 fully saturated rings. The van der Waals surface area contributed by atoms with Gasteiger partial charge in [-0.2, -0.15) is 0 Å². The number of allylic oxidation sites excluding steroid dienone is 2. The zero-order chi connectivity index (χ0) is 29.9. The molecule has 1 heterocycles. The minimum Gasteiger partial charge on any atom is -0.461 e. The van der Waals surface area contributed by atoms with Gasteiger partial charge in [-0.15, -0.1) is 0 Å². The van der Waals surface area contributed by atoms with Gasteiger partial charge < -0.3 is 24.4 Å². The number of ketones is 2. The van der Waals surface area contributed by atoms with E-state index in [0.717, 1.165) is 5.56 Å². The van der Waals surface area contributed by atoms with Crippen LogP contribution in [-0.4, -0.2) is 52.9 Å². The van der Waals surface area contributed by atoms with Gasteiger partial charge in [-0.1, -0.05) is 37.3 Å². The largest absolute Gasteiger partial charge is 0.461 e. The molecule has 1 aromatic carbocycles. The summed E-state index contributed by atoms with van der Waals surface area (Å²) in [5, 5.41) is 21.9. The van der Waals surface area contributed by atoms with E-state index in [9.17, 15) is 24.6 Å². The Morgan fingerprint density at radius 3 is 2.62 bits per heavy atom. The van der Waals surface area contributed by atoms with Crippen LogP contribution in [-0.2, 0) is 35.2 Å². The second-order valence-electron chi connectivity index (χ2n) is 13.1. The van der Waals surface area contributed by atoms with Crippen molar-refractivity contribution < 1.29 is 43.2 Å². The minimum atomic E-state index is -2.14. The first-order valence-corrected chi connectivity index (χ1v) is 15.0. The molecule has 1 aliphatic heterocycles. The number of rotatable bonds is 8. The minimum absolute atomic E-state index is 0.00907. The van der Waals surface area contributed by atoms with E-state index in [1.165, 1.54) is 6.08 Å². The number of hydrogen-bond acceptors (Lipinski definition) is 8. The topological polar surface area (TPSA) is 119 Å². The molecular formula is C33H39FO8. The van der Waals surface area contributed by atoms with Crippen molar-refractivity contribution in [3.8, 4) is 0 Å². The fourth-order valence-electron chi connectivity index (χ4n) is 9.46. The SMILES string of the molecule is C[C@@]12C(=CC(=O)C3=C1OCO3)CC[C@H]1[C@@H]3CC[C@](CCCC(=O)OCc4ccccc4)(C(=O)CO)[C@@]3(C)C[C@H](O)[C@@]12F. The number of ether oxygens (including phenoxy) is 3. The predicted molar refractivity (Wildman–Crippen MR) is 148 cm³/mol. The van der Waals surface area contributed by atoms with Crippen LogP contribution in [0.3, 0.4) is 0 Å². The summed E-state index contributed by atoms with van der Waals surface area (Å²) in [5.41, 5.74) is -3.84. The average molecular weight is 583 g/mol. The number of benzene rings is 1. The summed E-state index contributed by atoms with van der Waals surface area (Å²) in [6.45, 7) is 2.99. The lowest BCUT2D eigenvalue weighted by atomic mass is 9.42. The van der Waals surface area contributed by atoms with Gasteiger partial charge >= 0.3 is 5.97 Å². The van der Waals surface area contributed by atoms with Crippen molar-refractivity contribution in [2.75, 3.05) is 13.4 Å². The molecule has 9 heteroatoms. The van der Waals surface area contributed by atoms with Crippen LogP contribution in [0.5, 0.6) is 0 Å². The number of carbonyl (C=O) groups excluding carboxylic acids is 3. The maximum Gasteiger partial charge on any atom is 0.306 e. The highest BCUT2D eigenvalue weighted by Crippen LogP contribution is 2.73. The molecule has 0 spiro atoms. The standard InChI is InChI=1S/C33H39FO8/c1-30-16-25(37)33(34)23(11-10-21-15-24(36)28-29(31(21,33)2)42-19-41-28)22(30)12-14-32(30,26(38)17-35)13-6-9-27(39)40-18-20-7-4-3-5-8-20/h3-5,7-8,15,22-23,25,35,37H,6,9-14,16-19H2,1-2H3/t22-,23-,25-,30-,31+,32+,33-/m0/s1. The second kappa shape index (κ2) is 10.3. The third-order valence-electron chi connectivity index (χ3n) is 11.6. The molecule has 6 rings (SSSR count). The molecule has 3 saturated carbocycles. The fourth-order valence-corrected chi connectivity index (χ4v) is 9.46. The molecule has 5 aliphatic rings. The number of esters is 1. The third-order valence-corrected chi connectivity index (χ3v) is 11.6. The van der Waals surface area contributed by atoms with Gasteiger partial charge in [0.2, 0.25) is 18.3 Å². The third kappa shape index (κ3) is 3.88. The number of hydrogen-bond donors (Lipinski definition) is 2.